The molecule has 2 heterocycles. The molecular weight excluding hydrogens is 254 g/mol. The molecule has 0 unspecified atom stereocenters. The van der Waals surface area contributed by atoms with Gasteiger partial charge in [0.05, 0.1) is 12.1 Å². The molecule has 0 radical (unpaired) electrons. The van der Waals surface area contributed by atoms with Gasteiger partial charge in [0.1, 0.15) is 18.4 Å². The number of imidazole rings is 1. The summed E-state index contributed by atoms with van der Waals surface area (Å²) in [6.45, 7) is 3.92. The normalized spacial score (nSPS) is 18.8. The minimum Gasteiger partial charge on any atom is -0.443 e. The molecule has 8 heteroatoms. The summed E-state index contributed by atoms with van der Waals surface area (Å²) in [4.78, 5) is 14.4. The Morgan fingerprint density at radius 1 is 1.68 bits per heavy atom. The lowest BCUT2D eigenvalue weighted by Gasteiger charge is -2.23. The van der Waals surface area contributed by atoms with Crippen LogP contribution < -0.4 is 4.74 Å². The number of nitro groups is 1. The molecular formula is C11H17N3O5. The fourth-order valence-electron chi connectivity index (χ4n) is 2.05. The molecule has 0 saturated carbocycles. The summed E-state index contributed by atoms with van der Waals surface area (Å²) in [6.07, 6.45) is -0.0577. The highest BCUT2D eigenvalue weighted by Crippen LogP contribution is 2.30. The van der Waals surface area contributed by atoms with Crippen molar-refractivity contribution in [3.05, 3.63) is 15.8 Å². The number of hydrogen-bond acceptors (Lipinski definition) is 6. The van der Waals surface area contributed by atoms with E-state index in [1.807, 2.05) is 0 Å². The highest BCUT2D eigenvalue weighted by atomic mass is 16.6. The van der Waals surface area contributed by atoms with Crippen LogP contribution in [0.2, 0.25) is 0 Å². The van der Waals surface area contributed by atoms with Crippen LogP contribution in [0.4, 0.5) is 5.82 Å². The van der Waals surface area contributed by atoms with E-state index in [-0.39, 0.29) is 24.4 Å². The largest absolute Gasteiger partial charge is 0.443 e. The highest BCUT2D eigenvalue weighted by molar-refractivity contribution is 5.34. The maximum absolute atomic E-state index is 11.0. The lowest BCUT2D eigenvalue weighted by Crippen LogP contribution is -2.33. The van der Waals surface area contributed by atoms with Crippen molar-refractivity contribution in [3.8, 4) is 6.01 Å². The van der Waals surface area contributed by atoms with Crippen molar-refractivity contribution in [2.45, 2.75) is 38.5 Å². The first-order valence-corrected chi connectivity index (χ1v) is 5.93. The van der Waals surface area contributed by atoms with Crippen LogP contribution in [0.25, 0.3) is 0 Å². The highest BCUT2D eigenvalue weighted by Gasteiger charge is 2.35. The zero-order chi connectivity index (χ0) is 14.2. The molecule has 1 aliphatic rings. The molecule has 0 bridgehead atoms. The number of rotatable bonds is 4. The van der Waals surface area contributed by atoms with Crippen LogP contribution in [0.1, 0.15) is 19.5 Å². The average Bonchev–Trinajstić information content (AvgIpc) is 2.65. The van der Waals surface area contributed by atoms with Gasteiger partial charge in [-0.15, -0.1) is 0 Å². The molecule has 0 amide bonds. The summed E-state index contributed by atoms with van der Waals surface area (Å²) in [5.41, 5.74) is -0.712. The van der Waals surface area contributed by atoms with E-state index in [9.17, 15) is 15.2 Å². The van der Waals surface area contributed by atoms with Gasteiger partial charge in [0.15, 0.2) is 0 Å². The van der Waals surface area contributed by atoms with E-state index in [4.69, 9.17) is 9.47 Å². The third-order valence-electron chi connectivity index (χ3n) is 2.91. The Kier molecular flexibility index (Phi) is 3.46. The third kappa shape index (κ3) is 2.85. The fraction of sp³-hybridized carbons (Fsp3) is 0.727. The van der Waals surface area contributed by atoms with Crippen LogP contribution >= 0.6 is 0 Å². The fourth-order valence-corrected chi connectivity index (χ4v) is 2.05. The Morgan fingerprint density at radius 2 is 2.37 bits per heavy atom. The molecule has 1 aromatic heterocycles. The van der Waals surface area contributed by atoms with Gasteiger partial charge in [-0.2, -0.15) is 0 Å². The molecule has 1 aromatic rings. The molecule has 0 spiro atoms. The van der Waals surface area contributed by atoms with Crippen LogP contribution in [0.3, 0.4) is 0 Å². The Labute approximate surface area is 110 Å². The number of hydrogen-bond donors (Lipinski definition) is 1. The molecule has 0 aromatic carbocycles. The van der Waals surface area contributed by atoms with E-state index < -0.39 is 10.5 Å². The predicted molar refractivity (Wildman–Crippen MR) is 65.2 cm³/mol. The van der Waals surface area contributed by atoms with Gasteiger partial charge < -0.3 is 24.7 Å². The third-order valence-corrected chi connectivity index (χ3v) is 2.91. The summed E-state index contributed by atoms with van der Waals surface area (Å²) in [6, 6.07) is 0.208. The second-order valence-electron chi connectivity index (χ2n) is 5.19. The zero-order valence-corrected chi connectivity index (χ0v) is 11.1. The van der Waals surface area contributed by atoms with E-state index in [1.165, 1.54) is 0 Å². The molecule has 8 nitrogen and oxygen atoms in total. The van der Waals surface area contributed by atoms with Crippen molar-refractivity contribution in [3.63, 3.8) is 0 Å². The van der Waals surface area contributed by atoms with E-state index in [0.717, 1.165) is 0 Å². The Bertz CT molecular complexity index is 491. The molecule has 1 aliphatic heterocycles. The molecule has 0 aliphatic carbocycles. The van der Waals surface area contributed by atoms with E-state index in [2.05, 4.69) is 4.98 Å². The standard InChI is InChI=1S/C11H17N3O5/c1-11(2,15)4-8-9(14(16)17)12-10-13(8)5-7(18-3)6-19-10/h7,15H,4-6H2,1-3H3/t7-/m0/s1. The first-order chi connectivity index (χ1) is 8.81. The number of methoxy groups -OCH3 is 1. The summed E-state index contributed by atoms with van der Waals surface area (Å²) >= 11 is 0. The summed E-state index contributed by atoms with van der Waals surface area (Å²) in [7, 11) is 1.56. The summed E-state index contributed by atoms with van der Waals surface area (Å²) < 4.78 is 12.2. The molecule has 0 saturated heterocycles. The van der Waals surface area contributed by atoms with Gasteiger partial charge in [0, 0.05) is 18.5 Å². The van der Waals surface area contributed by atoms with E-state index >= 15 is 0 Å². The maximum atomic E-state index is 11.0. The van der Waals surface area contributed by atoms with Crippen LogP contribution in [-0.2, 0) is 17.7 Å². The minimum atomic E-state index is -1.07. The van der Waals surface area contributed by atoms with E-state index in [0.29, 0.717) is 18.8 Å². The zero-order valence-electron chi connectivity index (χ0n) is 11.1. The topological polar surface area (TPSA) is 99.7 Å². The Balaban J connectivity index is 2.43. The minimum absolute atomic E-state index is 0.121. The van der Waals surface area contributed by atoms with Gasteiger partial charge in [-0.05, 0) is 18.8 Å². The first-order valence-electron chi connectivity index (χ1n) is 5.93. The van der Waals surface area contributed by atoms with Crippen molar-refractivity contribution in [2.75, 3.05) is 13.7 Å². The second-order valence-corrected chi connectivity index (χ2v) is 5.19. The first kappa shape index (κ1) is 13.8. The number of fused-ring (bicyclic) bond motifs is 1. The monoisotopic (exact) mass is 271 g/mol. The predicted octanol–water partition coefficient (Wildman–Crippen LogP) is 0.512. The molecule has 2 rings (SSSR count). The Morgan fingerprint density at radius 3 is 2.89 bits per heavy atom. The number of aliphatic hydroxyl groups is 1. The summed E-state index contributed by atoms with van der Waals surface area (Å²) in [5, 5.41) is 20.9. The van der Waals surface area contributed by atoms with Gasteiger partial charge in [0.2, 0.25) is 0 Å². The van der Waals surface area contributed by atoms with E-state index in [1.54, 1.807) is 25.5 Å². The molecule has 1 N–H and O–H groups in total. The smallest absolute Gasteiger partial charge is 0.414 e. The van der Waals surface area contributed by atoms with Crippen LogP contribution in [0, 0.1) is 10.1 Å². The molecule has 1 atom stereocenters. The molecule has 0 fully saturated rings. The lowest BCUT2D eigenvalue weighted by molar-refractivity contribution is -0.390. The van der Waals surface area contributed by atoms with Gasteiger partial charge >= 0.3 is 11.8 Å². The van der Waals surface area contributed by atoms with Crippen LogP contribution in [0.5, 0.6) is 6.01 Å². The van der Waals surface area contributed by atoms with Crippen molar-refractivity contribution >= 4 is 5.82 Å². The van der Waals surface area contributed by atoms with Gasteiger partial charge in [-0.25, -0.2) is 0 Å². The van der Waals surface area contributed by atoms with Crippen molar-refractivity contribution < 1.29 is 19.5 Å². The van der Waals surface area contributed by atoms with Crippen molar-refractivity contribution in [1.29, 1.82) is 0 Å². The SMILES string of the molecule is CO[C@@H]1COc2nc([N+](=O)[O-])c(CC(C)(C)O)n2C1. The maximum Gasteiger partial charge on any atom is 0.414 e. The van der Waals surface area contributed by atoms with Crippen molar-refractivity contribution in [2.24, 2.45) is 0 Å². The average molecular weight is 271 g/mol. The molecule has 19 heavy (non-hydrogen) atoms. The van der Waals surface area contributed by atoms with Crippen LogP contribution in [-0.4, -0.2) is 45.0 Å². The summed E-state index contributed by atoms with van der Waals surface area (Å²) in [5.74, 6) is -0.270. The lowest BCUT2D eigenvalue weighted by atomic mass is 10.0. The molecule has 106 valence electrons. The van der Waals surface area contributed by atoms with Crippen LogP contribution in [0.15, 0.2) is 0 Å². The Hall–Kier alpha value is -1.67. The number of nitrogens with zero attached hydrogens (tertiary/aromatic N) is 3. The van der Waals surface area contributed by atoms with Gasteiger partial charge in [-0.1, -0.05) is 0 Å². The quantitative estimate of drug-likeness (QED) is 0.632. The number of ether oxygens (including phenoxy) is 2. The van der Waals surface area contributed by atoms with Gasteiger partial charge in [0.25, 0.3) is 0 Å². The van der Waals surface area contributed by atoms with Crippen molar-refractivity contribution in [1.82, 2.24) is 9.55 Å². The second kappa shape index (κ2) is 4.78. The number of aromatic nitrogens is 2. The van der Waals surface area contributed by atoms with Gasteiger partial charge in [-0.3, -0.25) is 4.57 Å².